The SMILES string of the molecule is CCCC1CCCC(Nc2ccc(F)cc2Cl)CC1. The molecule has 1 aromatic carbocycles. The molecule has 3 heteroatoms. The minimum absolute atomic E-state index is 0.278. The lowest BCUT2D eigenvalue weighted by Gasteiger charge is -2.19. The Morgan fingerprint density at radius 1 is 1.26 bits per heavy atom. The zero-order valence-electron chi connectivity index (χ0n) is 11.6. The van der Waals surface area contributed by atoms with E-state index in [0.717, 1.165) is 11.6 Å². The molecule has 0 aliphatic heterocycles. The molecule has 1 saturated carbocycles. The van der Waals surface area contributed by atoms with Crippen LogP contribution in [0, 0.1) is 11.7 Å². The first-order valence-electron chi connectivity index (χ1n) is 7.40. The molecule has 0 bridgehead atoms. The summed E-state index contributed by atoms with van der Waals surface area (Å²) in [6.45, 7) is 2.26. The normalized spacial score (nSPS) is 23.9. The van der Waals surface area contributed by atoms with Gasteiger partial charge in [-0.3, -0.25) is 0 Å². The van der Waals surface area contributed by atoms with Crippen molar-refractivity contribution in [3.63, 3.8) is 0 Å². The van der Waals surface area contributed by atoms with Crippen LogP contribution in [0.5, 0.6) is 0 Å². The van der Waals surface area contributed by atoms with E-state index in [0.29, 0.717) is 11.1 Å². The Kier molecular flexibility index (Phi) is 5.50. The number of rotatable bonds is 4. The summed E-state index contributed by atoms with van der Waals surface area (Å²) >= 11 is 6.07. The lowest BCUT2D eigenvalue weighted by Crippen LogP contribution is -2.18. The molecule has 1 aromatic rings. The van der Waals surface area contributed by atoms with Crippen LogP contribution in [0.25, 0.3) is 0 Å². The number of anilines is 1. The first-order valence-corrected chi connectivity index (χ1v) is 7.78. The molecule has 1 aliphatic carbocycles. The predicted molar refractivity (Wildman–Crippen MR) is 80.3 cm³/mol. The van der Waals surface area contributed by atoms with Gasteiger partial charge in [0.1, 0.15) is 5.82 Å². The lowest BCUT2D eigenvalue weighted by atomic mass is 9.95. The van der Waals surface area contributed by atoms with Gasteiger partial charge in [-0.15, -0.1) is 0 Å². The average molecular weight is 284 g/mol. The van der Waals surface area contributed by atoms with Crippen molar-refractivity contribution in [1.82, 2.24) is 0 Å². The van der Waals surface area contributed by atoms with Gasteiger partial charge < -0.3 is 5.32 Å². The van der Waals surface area contributed by atoms with Crippen molar-refractivity contribution in [3.05, 3.63) is 29.0 Å². The summed E-state index contributed by atoms with van der Waals surface area (Å²) in [5.41, 5.74) is 0.863. The summed E-state index contributed by atoms with van der Waals surface area (Å²) in [4.78, 5) is 0. The number of nitrogens with one attached hydrogen (secondary N) is 1. The minimum atomic E-state index is -0.278. The predicted octanol–water partition coefficient (Wildman–Crippen LogP) is 5.64. The van der Waals surface area contributed by atoms with Crippen LogP contribution in [0.2, 0.25) is 5.02 Å². The Bertz CT molecular complexity index is 408. The summed E-state index contributed by atoms with van der Waals surface area (Å²) in [7, 11) is 0. The van der Waals surface area contributed by atoms with E-state index < -0.39 is 0 Å². The summed E-state index contributed by atoms with van der Waals surface area (Å²) < 4.78 is 13.0. The topological polar surface area (TPSA) is 12.0 Å². The van der Waals surface area contributed by atoms with E-state index in [1.54, 1.807) is 6.07 Å². The Morgan fingerprint density at radius 3 is 2.84 bits per heavy atom. The van der Waals surface area contributed by atoms with Crippen LogP contribution < -0.4 is 5.32 Å². The van der Waals surface area contributed by atoms with Crippen LogP contribution in [0.1, 0.15) is 51.9 Å². The molecule has 1 nitrogen and oxygen atoms in total. The van der Waals surface area contributed by atoms with Gasteiger partial charge in [0.15, 0.2) is 0 Å². The molecule has 0 saturated heterocycles. The van der Waals surface area contributed by atoms with Gasteiger partial charge in [-0.25, -0.2) is 4.39 Å². The largest absolute Gasteiger partial charge is 0.381 e. The Hall–Kier alpha value is -0.760. The van der Waals surface area contributed by atoms with E-state index in [4.69, 9.17) is 11.6 Å². The summed E-state index contributed by atoms with van der Waals surface area (Å²) in [5.74, 6) is 0.611. The fraction of sp³-hybridized carbons (Fsp3) is 0.625. The van der Waals surface area contributed by atoms with Crippen LogP contribution in [-0.4, -0.2) is 6.04 Å². The van der Waals surface area contributed by atoms with Gasteiger partial charge in [0.2, 0.25) is 0 Å². The molecule has 0 spiro atoms. The highest BCUT2D eigenvalue weighted by Crippen LogP contribution is 2.30. The molecular weight excluding hydrogens is 261 g/mol. The quantitative estimate of drug-likeness (QED) is 0.705. The van der Waals surface area contributed by atoms with Crippen LogP contribution in [0.3, 0.4) is 0 Å². The molecule has 2 rings (SSSR count). The number of benzene rings is 1. The van der Waals surface area contributed by atoms with E-state index in [1.807, 2.05) is 0 Å². The van der Waals surface area contributed by atoms with Crippen molar-refractivity contribution in [2.75, 3.05) is 5.32 Å². The first kappa shape index (κ1) is 14.6. The average Bonchev–Trinajstić information content (AvgIpc) is 2.59. The molecule has 19 heavy (non-hydrogen) atoms. The first-order chi connectivity index (χ1) is 9.19. The number of hydrogen-bond acceptors (Lipinski definition) is 1. The van der Waals surface area contributed by atoms with Crippen LogP contribution in [-0.2, 0) is 0 Å². The van der Waals surface area contributed by atoms with Gasteiger partial charge >= 0.3 is 0 Å². The third-order valence-electron chi connectivity index (χ3n) is 4.08. The van der Waals surface area contributed by atoms with E-state index >= 15 is 0 Å². The second-order valence-electron chi connectivity index (χ2n) is 5.63. The fourth-order valence-electron chi connectivity index (χ4n) is 3.05. The molecule has 0 heterocycles. The smallest absolute Gasteiger partial charge is 0.124 e. The minimum Gasteiger partial charge on any atom is -0.381 e. The highest BCUT2D eigenvalue weighted by molar-refractivity contribution is 6.33. The zero-order valence-corrected chi connectivity index (χ0v) is 12.3. The molecule has 2 atom stereocenters. The van der Waals surface area contributed by atoms with Crippen LogP contribution in [0.4, 0.5) is 10.1 Å². The Balaban J connectivity index is 1.92. The van der Waals surface area contributed by atoms with Crippen LogP contribution >= 0.6 is 11.6 Å². The number of halogens is 2. The summed E-state index contributed by atoms with van der Waals surface area (Å²) in [6.07, 6.45) is 8.94. The molecule has 1 fully saturated rings. The molecule has 0 aromatic heterocycles. The Labute approximate surface area is 120 Å². The van der Waals surface area contributed by atoms with E-state index in [-0.39, 0.29) is 5.82 Å². The third kappa shape index (κ3) is 4.38. The van der Waals surface area contributed by atoms with Crippen molar-refractivity contribution >= 4 is 17.3 Å². The van der Waals surface area contributed by atoms with Gasteiger partial charge in [-0.1, -0.05) is 44.2 Å². The van der Waals surface area contributed by atoms with Crippen molar-refractivity contribution in [1.29, 1.82) is 0 Å². The van der Waals surface area contributed by atoms with E-state index in [2.05, 4.69) is 12.2 Å². The highest BCUT2D eigenvalue weighted by atomic mass is 35.5. The number of hydrogen-bond donors (Lipinski definition) is 1. The van der Waals surface area contributed by atoms with Crippen molar-refractivity contribution in [2.24, 2.45) is 5.92 Å². The maximum Gasteiger partial charge on any atom is 0.124 e. The van der Waals surface area contributed by atoms with Gasteiger partial charge in [-0.2, -0.15) is 0 Å². The van der Waals surface area contributed by atoms with Crippen LogP contribution in [0.15, 0.2) is 18.2 Å². The van der Waals surface area contributed by atoms with Gasteiger partial charge in [0.05, 0.1) is 10.7 Å². The molecule has 0 radical (unpaired) electrons. The zero-order chi connectivity index (χ0) is 13.7. The maximum atomic E-state index is 13.0. The van der Waals surface area contributed by atoms with Gasteiger partial charge in [0.25, 0.3) is 0 Å². The summed E-state index contributed by atoms with van der Waals surface area (Å²) in [6, 6.07) is 5.06. The molecular formula is C16H23ClFN. The lowest BCUT2D eigenvalue weighted by molar-refractivity contribution is 0.422. The van der Waals surface area contributed by atoms with Gasteiger partial charge in [-0.05, 0) is 43.4 Å². The molecule has 1 N–H and O–H groups in total. The van der Waals surface area contributed by atoms with E-state index in [1.165, 1.54) is 57.1 Å². The molecule has 1 aliphatic rings. The highest BCUT2D eigenvalue weighted by Gasteiger charge is 2.18. The molecule has 2 unspecified atom stereocenters. The summed E-state index contributed by atoms with van der Waals surface area (Å²) in [5, 5.41) is 3.96. The monoisotopic (exact) mass is 283 g/mol. The molecule has 0 amide bonds. The van der Waals surface area contributed by atoms with Gasteiger partial charge in [0, 0.05) is 6.04 Å². The second-order valence-corrected chi connectivity index (χ2v) is 6.04. The second kappa shape index (κ2) is 7.14. The Morgan fingerprint density at radius 2 is 2.11 bits per heavy atom. The van der Waals surface area contributed by atoms with Crippen molar-refractivity contribution < 1.29 is 4.39 Å². The third-order valence-corrected chi connectivity index (χ3v) is 4.39. The maximum absolute atomic E-state index is 13.0. The molecule has 106 valence electrons. The van der Waals surface area contributed by atoms with E-state index in [9.17, 15) is 4.39 Å². The van der Waals surface area contributed by atoms with Crippen molar-refractivity contribution in [2.45, 2.75) is 57.9 Å². The fourth-order valence-corrected chi connectivity index (χ4v) is 3.27. The standard InChI is InChI=1S/C16H23ClFN/c1-2-4-12-5-3-6-14(9-7-12)19-16-10-8-13(18)11-15(16)17/h8,10-12,14,19H,2-7,9H2,1H3. The van der Waals surface area contributed by atoms with Crippen molar-refractivity contribution in [3.8, 4) is 0 Å².